The molecular weight excluding hydrogens is 366 g/mol. The average Bonchev–Trinajstić information content (AvgIpc) is 2.80. The van der Waals surface area contributed by atoms with Crippen LogP contribution in [0.25, 0.3) is 0 Å². The Labute approximate surface area is 172 Å². The van der Waals surface area contributed by atoms with Crippen LogP contribution in [0.15, 0.2) is 48.7 Å². The van der Waals surface area contributed by atoms with Crippen LogP contribution in [0, 0.1) is 0 Å². The first-order valence-electron chi connectivity index (χ1n) is 10.4. The van der Waals surface area contributed by atoms with E-state index < -0.39 is 0 Å². The highest BCUT2D eigenvalue weighted by atomic mass is 16.5. The van der Waals surface area contributed by atoms with Gasteiger partial charge in [-0.1, -0.05) is 18.2 Å². The maximum Gasteiger partial charge on any atom is 0.225 e. The van der Waals surface area contributed by atoms with Gasteiger partial charge in [-0.15, -0.1) is 0 Å². The van der Waals surface area contributed by atoms with Gasteiger partial charge < -0.3 is 19.9 Å². The molecule has 2 aliphatic rings. The van der Waals surface area contributed by atoms with Crippen molar-refractivity contribution in [3.05, 3.63) is 48.7 Å². The predicted molar refractivity (Wildman–Crippen MR) is 116 cm³/mol. The van der Waals surface area contributed by atoms with Crippen molar-refractivity contribution in [2.24, 2.45) is 0 Å². The molecule has 7 heteroatoms. The average molecular weight is 396 g/mol. The van der Waals surface area contributed by atoms with E-state index in [4.69, 9.17) is 4.74 Å². The first kappa shape index (κ1) is 19.7. The summed E-state index contributed by atoms with van der Waals surface area (Å²) in [6.45, 7) is 7.74. The molecule has 4 rings (SSSR count). The molecule has 1 aromatic heterocycles. The number of ether oxygens (including phenoxy) is 1. The second-order valence-electron chi connectivity index (χ2n) is 7.43. The van der Waals surface area contributed by atoms with Gasteiger partial charge in [0.05, 0.1) is 24.6 Å². The van der Waals surface area contributed by atoms with Crippen LogP contribution in [0.2, 0.25) is 0 Å². The minimum absolute atomic E-state index is 0.0675. The topological polar surface area (TPSA) is 60.9 Å². The third-order valence-corrected chi connectivity index (χ3v) is 5.53. The Balaban J connectivity index is 1.25. The lowest BCUT2D eigenvalue weighted by Gasteiger charge is -2.35. The monoisotopic (exact) mass is 395 g/mol. The van der Waals surface area contributed by atoms with Crippen LogP contribution in [-0.4, -0.2) is 74.8 Å². The summed E-state index contributed by atoms with van der Waals surface area (Å²) in [6.07, 6.45) is 2.34. The summed E-state index contributed by atoms with van der Waals surface area (Å²) >= 11 is 0. The van der Waals surface area contributed by atoms with Gasteiger partial charge in [-0.2, -0.15) is 0 Å². The number of nitrogens with one attached hydrogen (secondary N) is 1. The number of pyridine rings is 1. The van der Waals surface area contributed by atoms with Gasteiger partial charge in [0.2, 0.25) is 5.91 Å². The number of anilines is 3. The Hall–Kier alpha value is -2.64. The van der Waals surface area contributed by atoms with E-state index in [1.54, 1.807) is 0 Å². The van der Waals surface area contributed by atoms with Crippen molar-refractivity contribution in [2.75, 3.05) is 74.1 Å². The number of para-hydroxylation sites is 2. The summed E-state index contributed by atoms with van der Waals surface area (Å²) < 4.78 is 5.44. The van der Waals surface area contributed by atoms with E-state index in [2.05, 4.69) is 37.1 Å². The minimum Gasteiger partial charge on any atom is -0.378 e. The third-order valence-electron chi connectivity index (χ3n) is 5.53. The fourth-order valence-electron chi connectivity index (χ4n) is 3.87. The maximum atomic E-state index is 12.6. The number of piperazine rings is 1. The van der Waals surface area contributed by atoms with Gasteiger partial charge in [-0.25, -0.2) is 4.98 Å². The summed E-state index contributed by atoms with van der Waals surface area (Å²) in [5, 5.41) is 3.11. The molecule has 0 atom stereocenters. The standard InChI is InChI=1S/C22H29N5O2/c28-22(24-19-5-1-2-6-20(19)26-15-17-29-18-16-26)8-10-25-11-13-27(14-12-25)21-7-3-4-9-23-21/h1-7,9H,8,10-18H2,(H,24,28). The molecule has 29 heavy (non-hydrogen) atoms. The van der Waals surface area contributed by atoms with Gasteiger partial charge >= 0.3 is 0 Å². The van der Waals surface area contributed by atoms with Crippen molar-refractivity contribution < 1.29 is 9.53 Å². The largest absolute Gasteiger partial charge is 0.378 e. The first-order valence-corrected chi connectivity index (χ1v) is 10.4. The zero-order valence-corrected chi connectivity index (χ0v) is 16.8. The van der Waals surface area contributed by atoms with Crippen molar-refractivity contribution in [2.45, 2.75) is 6.42 Å². The van der Waals surface area contributed by atoms with Gasteiger partial charge in [-0.3, -0.25) is 9.69 Å². The SMILES string of the molecule is O=C(CCN1CCN(c2ccccn2)CC1)Nc1ccccc1N1CCOCC1. The Kier molecular flexibility index (Phi) is 6.59. The molecule has 7 nitrogen and oxygen atoms in total. The smallest absolute Gasteiger partial charge is 0.225 e. The highest BCUT2D eigenvalue weighted by molar-refractivity contribution is 5.94. The van der Waals surface area contributed by atoms with Crippen LogP contribution in [0.3, 0.4) is 0 Å². The van der Waals surface area contributed by atoms with Crippen LogP contribution in [0.4, 0.5) is 17.2 Å². The lowest BCUT2D eigenvalue weighted by Crippen LogP contribution is -2.47. The molecule has 0 aliphatic carbocycles. The fraction of sp³-hybridized carbons (Fsp3) is 0.455. The van der Waals surface area contributed by atoms with Gasteiger partial charge in [-0.05, 0) is 24.3 Å². The molecular formula is C22H29N5O2. The normalized spacial score (nSPS) is 17.9. The first-order chi connectivity index (χ1) is 14.3. The second kappa shape index (κ2) is 9.71. The second-order valence-corrected chi connectivity index (χ2v) is 7.43. The van der Waals surface area contributed by atoms with E-state index in [0.717, 1.165) is 76.2 Å². The quantitative estimate of drug-likeness (QED) is 0.808. The highest BCUT2D eigenvalue weighted by Crippen LogP contribution is 2.26. The molecule has 0 unspecified atom stereocenters. The molecule has 2 saturated heterocycles. The molecule has 1 N–H and O–H groups in total. The molecule has 0 radical (unpaired) electrons. The van der Waals surface area contributed by atoms with E-state index >= 15 is 0 Å². The number of aromatic nitrogens is 1. The summed E-state index contributed by atoms with van der Waals surface area (Å²) in [7, 11) is 0. The molecule has 1 amide bonds. The number of nitrogens with zero attached hydrogens (tertiary/aromatic N) is 4. The zero-order chi connectivity index (χ0) is 19.9. The van der Waals surface area contributed by atoms with Crippen LogP contribution >= 0.6 is 0 Å². The van der Waals surface area contributed by atoms with E-state index in [1.807, 2.05) is 36.5 Å². The molecule has 0 spiro atoms. The molecule has 2 aromatic rings. The third kappa shape index (κ3) is 5.25. The molecule has 3 heterocycles. The number of morpholine rings is 1. The Morgan fingerprint density at radius 1 is 0.931 bits per heavy atom. The lowest BCUT2D eigenvalue weighted by atomic mass is 10.2. The van der Waals surface area contributed by atoms with Gasteiger partial charge in [0.25, 0.3) is 0 Å². The Morgan fingerprint density at radius 3 is 2.45 bits per heavy atom. The number of carbonyl (C=O) groups excluding carboxylic acids is 1. The van der Waals surface area contributed by atoms with E-state index in [-0.39, 0.29) is 5.91 Å². The number of hydrogen-bond donors (Lipinski definition) is 1. The molecule has 154 valence electrons. The van der Waals surface area contributed by atoms with Crippen LogP contribution in [0.5, 0.6) is 0 Å². The molecule has 2 fully saturated rings. The Bertz CT molecular complexity index is 787. The van der Waals surface area contributed by atoms with Crippen LogP contribution < -0.4 is 15.1 Å². The summed E-state index contributed by atoms with van der Waals surface area (Å²) in [6, 6.07) is 14.0. The molecule has 0 saturated carbocycles. The van der Waals surface area contributed by atoms with Gasteiger partial charge in [0.15, 0.2) is 0 Å². The maximum absolute atomic E-state index is 12.6. The number of rotatable bonds is 6. The van der Waals surface area contributed by atoms with Crippen LogP contribution in [-0.2, 0) is 9.53 Å². The fourth-order valence-corrected chi connectivity index (χ4v) is 3.87. The van der Waals surface area contributed by atoms with Crippen molar-refractivity contribution in [3.8, 4) is 0 Å². The number of amides is 1. The summed E-state index contributed by atoms with van der Waals surface area (Å²) in [5.74, 6) is 1.10. The molecule has 1 aromatic carbocycles. The van der Waals surface area contributed by atoms with Gasteiger partial charge in [0, 0.05) is 58.4 Å². The van der Waals surface area contributed by atoms with Crippen molar-refractivity contribution in [3.63, 3.8) is 0 Å². The number of hydrogen-bond acceptors (Lipinski definition) is 6. The molecule has 0 bridgehead atoms. The van der Waals surface area contributed by atoms with E-state index in [0.29, 0.717) is 6.42 Å². The van der Waals surface area contributed by atoms with Crippen molar-refractivity contribution in [1.29, 1.82) is 0 Å². The van der Waals surface area contributed by atoms with Crippen LogP contribution in [0.1, 0.15) is 6.42 Å². The van der Waals surface area contributed by atoms with Crippen molar-refractivity contribution >= 4 is 23.1 Å². The molecule has 2 aliphatic heterocycles. The lowest BCUT2D eigenvalue weighted by molar-refractivity contribution is -0.116. The zero-order valence-electron chi connectivity index (χ0n) is 16.8. The van der Waals surface area contributed by atoms with E-state index in [1.165, 1.54) is 0 Å². The Morgan fingerprint density at radius 2 is 1.69 bits per heavy atom. The van der Waals surface area contributed by atoms with E-state index in [9.17, 15) is 4.79 Å². The van der Waals surface area contributed by atoms with Crippen molar-refractivity contribution in [1.82, 2.24) is 9.88 Å². The predicted octanol–water partition coefficient (Wildman–Crippen LogP) is 2.07. The number of benzene rings is 1. The highest BCUT2D eigenvalue weighted by Gasteiger charge is 2.19. The number of carbonyl (C=O) groups is 1. The summed E-state index contributed by atoms with van der Waals surface area (Å²) in [5.41, 5.74) is 1.97. The minimum atomic E-state index is 0.0675. The van der Waals surface area contributed by atoms with Gasteiger partial charge in [0.1, 0.15) is 5.82 Å². The summed E-state index contributed by atoms with van der Waals surface area (Å²) in [4.78, 5) is 23.9.